The molecule has 0 saturated heterocycles. The second kappa shape index (κ2) is 12.7. The van der Waals surface area contributed by atoms with Crippen LogP contribution in [0.4, 0.5) is 17.1 Å². The Kier molecular flexibility index (Phi) is 7.41. The summed E-state index contributed by atoms with van der Waals surface area (Å²) in [5, 5.41) is 7.66. The van der Waals surface area contributed by atoms with E-state index in [1.165, 1.54) is 80.8 Å². The minimum atomic E-state index is 1.12. The third-order valence-electron chi connectivity index (χ3n) is 10.3. The molecular weight excluding hydrogens is 647 g/mol. The Bertz CT molecular complexity index is 2880. The highest BCUT2D eigenvalue weighted by Gasteiger charge is 2.22. The van der Waals surface area contributed by atoms with E-state index in [1.807, 2.05) is 11.3 Å². The van der Waals surface area contributed by atoms with Crippen molar-refractivity contribution < 1.29 is 0 Å². The highest BCUT2D eigenvalue weighted by atomic mass is 32.1. The van der Waals surface area contributed by atoms with E-state index in [9.17, 15) is 0 Å². The predicted octanol–water partition coefficient (Wildman–Crippen LogP) is 14.8. The molecule has 0 unspecified atom stereocenters. The topological polar surface area (TPSA) is 3.24 Å². The molecule has 0 bridgehead atoms. The van der Waals surface area contributed by atoms with Crippen LogP contribution in [-0.4, -0.2) is 0 Å². The van der Waals surface area contributed by atoms with Crippen LogP contribution in [0.2, 0.25) is 0 Å². The van der Waals surface area contributed by atoms with Crippen molar-refractivity contribution in [1.29, 1.82) is 0 Å². The maximum atomic E-state index is 2.46. The molecule has 0 amide bonds. The van der Waals surface area contributed by atoms with Gasteiger partial charge in [-0.3, -0.25) is 0 Å². The van der Waals surface area contributed by atoms with Gasteiger partial charge in [-0.2, -0.15) is 0 Å². The van der Waals surface area contributed by atoms with E-state index in [4.69, 9.17) is 0 Å². The van der Waals surface area contributed by atoms with Gasteiger partial charge in [-0.05, 0) is 74.3 Å². The van der Waals surface area contributed by atoms with Crippen LogP contribution in [0.15, 0.2) is 200 Å². The summed E-state index contributed by atoms with van der Waals surface area (Å²) in [6.45, 7) is 0. The quantitative estimate of drug-likeness (QED) is 0.169. The molecule has 0 fully saturated rings. The lowest BCUT2D eigenvalue weighted by atomic mass is 9.92. The number of para-hydroxylation sites is 1. The zero-order valence-electron chi connectivity index (χ0n) is 28.4. The molecule has 0 N–H and O–H groups in total. The first kappa shape index (κ1) is 30.4. The summed E-state index contributed by atoms with van der Waals surface area (Å²) in [6, 6.07) is 72.8. The van der Waals surface area contributed by atoms with Crippen molar-refractivity contribution in [3.8, 4) is 33.4 Å². The van der Waals surface area contributed by atoms with Crippen molar-refractivity contribution in [3.05, 3.63) is 200 Å². The lowest BCUT2D eigenvalue weighted by Crippen LogP contribution is -2.11. The Morgan fingerprint density at radius 2 is 0.846 bits per heavy atom. The normalized spacial score (nSPS) is 11.5. The highest BCUT2D eigenvalue weighted by Crippen LogP contribution is 2.50. The smallest absolute Gasteiger partial charge is 0.0640 e. The van der Waals surface area contributed by atoms with Crippen LogP contribution in [0.25, 0.3) is 75.1 Å². The lowest BCUT2D eigenvalue weighted by Gasteiger charge is -2.28. The van der Waals surface area contributed by atoms with Crippen molar-refractivity contribution in [2.75, 3.05) is 4.90 Å². The zero-order valence-corrected chi connectivity index (χ0v) is 29.2. The van der Waals surface area contributed by atoms with Crippen LogP contribution in [0.1, 0.15) is 0 Å². The standard InChI is InChI=1S/C50H33NS/c1-3-15-34(16-4-1)35-29-31-38(32-30-35)51(47-27-12-11-22-40(47)37-17-5-2-6-18-37)48-28-14-26-44-46-33-45(41-25-13-20-36-19-7-8-21-39(36)41)42-23-9-10-24-43(42)49(46)52-50(44)48/h1-33H. The number of hydrogen-bond acceptors (Lipinski definition) is 2. The average Bonchev–Trinajstić information content (AvgIpc) is 3.61. The number of nitrogens with zero attached hydrogens (tertiary/aromatic N) is 1. The molecule has 0 aliphatic heterocycles. The Morgan fingerprint density at radius 3 is 1.65 bits per heavy atom. The second-order valence-corrected chi connectivity index (χ2v) is 14.3. The number of benzene rings is 9. The summed E-state index contributed by atoms with van der Waals surface area (Å²) in [5.74, 6) is 0. The molecule has 0 spiro atoms. The number of rotatable bonds is 6. The molecule has 244 valence electrons. The first-order valence-electron chi connectivity index (χ1n) is 17.8. The fourth-order valence-electron chi connectivity index (χ4n) is 7.84. The highest BCUT2D eigenvalue weighted by molar-refractivity contribution is 7.27. The van der Waals surface area contributed by atoms with E-state index < -0.39 is 0 Å². The summed E-state index contributed by atoms with van der Waals surface area (Å²) in [5.41, 5.74) is 10.8. The molecule has 0 aliphatic rings. The molecule has 0 saturated carbocycles. The molecule has 2 heteroatoms. The minimum Gasteiger partial charge on any atom is -0.308 e. The lowest BCUT2D eigenvalue weighted by molar-refractivity contribution is 1.30. The van der Waals surface area contributed by atoms with Gasteiger partial charge in [-0.15, -0.1) is 11.3 Å². The first-order chi connectivity index (χ1) is 25.8. The summed E-state index contributed by atoms with van der Waals surface area (Å²) in [4.78, 5) is 2.46. The van der Waals surface area contributed by atoms with Gasteiger partial charge < -0.3 is 4.90 Å². The maximum absolute atomic E-state index is 2.46. The molecule has 0 radical (unpaired) electrons. The number of anilines is 3. The van der Waals surface area contributed by atoms with Crippen molar-refractivity contribution in [1.82, 2.24) is 0 Å². The molecule has 10 rings (SSSR count). The van der Waals surface area contributed by atoms with Crippen LogP contribution < -0.4 is 4.90 Å². The van der Waals surface area contributed by atoms with Crippen LogP contribution in [0.5, 0.6) is 0 Å². The average molecular weight is 680 g/mol. The van der Waals surface area contributed by atoms with Gasteiger partial charge in [0.05, 0.1) is 16.1 Å². The summed E-state index contributed by atoms with van der Waals surface area (Å²) < 4.78 is 2.59. The van der Waals surface area contributed by atoms with Gasteiger partial charge in [-0.25, -0.2) is 0 Å². The SMILES string of the molecule is c1ccc(-c2ccc(N(c3ccccc3-c3ccccc3)c3cccc4c3sc3c5ccccc5c(-c5cccc6ccccc56)cc43)cc2)cc1. The van der Waals surface area contributed by atoms with Gasteiger partial charge in [0.15, 0.2) is 0 Å². The van der Waals surface area contributed by atoms with Gasteiger partial charge in [-0.1, -0.05) is 170 Å². The zero-order chi connectivity index (χ0) is 34.4. The van der Waals surface area contributed by atoms with E-state index in [1.54, 1.807) is 0 Å². The summed E-state index contributed by atoms with van der Waals surface area (Å²) >= 11 is 1.90. The molecule has 1 nitrogen and oxygen atoms in total. The Balaban J connectivity index is 1.24. The van der Waals surface area contributed by atoms with E-state index >= 15 is 0 Å². The van der Waals surface area contributed by atoms with E-state index in [2.05, 4.69) is 205 Å². The van der Waals surface area contributed by atoms with E-state index in [0.29, 0.717) is 0 Å². The molecular formula is C50H33NS. The van der Waals surface area contributed by atoms with Crippen LogP contribution in [0.3, 0.4) is 0 Å². The van der Waals surface area contributed by atoms with E-state index in [0.717, 1.165) is 11.4 Å². The van der Waals surface area contributed by atoms with Gasteiger partial charge in [0.25, 0.3) is 0 Å². The molecule has 0 aliphatic carbocycles. The summed E-state index contributed by atoms with van der Waals surface area (Å²) in [7, 11) is 0. The third kappa shape index (κ3) is 5.07. The van der Waals surface area contributed by atoms with Crippen molar-refractivity contribution in [2.24, 2.45) is 0 Å². The fourth-order valence-corrected chi connectivity index (χ4v) is 9.16. The molecule has 0 atom stereocenters. The van der Waals surface area contributed by atoms with Gasteiger partial charge >= 0.3 is 0 Å². The van der Waals surface area contributed by atoms with Crippen LogP contribution in [0, 0.1) is 0 Å². The largest absolute Gasteiger partial charge is 0.308 e. The Labute approximate surface area is 307 Å². The number of fused-ring (bicyclic) bond motifs is 6. The minimum absolute atomic E-state index is 1.12. The number of thiophene rings is 1. The number of hydrogen-bond donors (Lipinski definition) is 0. The molecule has 9 aromatic carbocycles. The van der Waals surface area contributed by atoms with Gasteiger partial charge in [0.1, 0.15) is 0 Å². The fraction of sp³-hybridized carbons (Fsp3) is 0. The molecule has 52 heavy (non-hydrogen) atoms. The summed E-state index contributed by atoms with van der Waals surface area (Å²) in [6.07, 6.45) is 0. The van der Waals surface area contributed by atoms with Crippen LogP contribution >= 0.6 is 11.3 Å². The Morgan fingerprint density at radius 1 is 0.308 bits per heavy atom. The van der Waals surface area contributed by atoms with Gasteiger partial charge in [0, 0.05) is 32.1 Å². The van der Waals surface area contributed by atoms with Gasteiger partial charge in [0.2, 0.25) is 0 Å². The molecule has 10 aromatic rings. The van der Waals surface area contributed by atoms with E-state index in [-0.39, 0.29) is 0 Å². The monoisotopic (exact) mass is 679 g/mol. The Hall–Kier alpha value is -6.48. The molecule has 1 aromatic heterocycles. The predicted molar refractivity (Wildman–Crippen MR) is 225 cm³/mol. The second-order valence-electron chi connectivity index (χ2n) is 13.3. The maximum Gasteiger partial charge on any atom is 0.0640 e. The first-order valence-corrected chi connectivity index (χ1v) is 18.6. The van der Waals surface area contributed by atoms with Crippen LogP contribution in [-0.2, 0) is 0 Å². The third-order valence-corrected chi connectivity index (χ3v) is 11.5. The van der Waals surface area contributed by atoms with Crippen molar-refractivity contribution in [3.63, 3.8) is 0 Å². The van der Waals surface area contributed by atoms with Crippen molar-refractivity contribution >= 4 is 70.1 Å². The molecule has 1 heterocycles. The van der Waals surface area contributed by atoms with Crippen molar-refractivity contribution in [2.45, 2.75) is 0 Å².